The molecule has 9 heteroatoms. The maximum Gasteiger partial charge on any atom is 0.283 e. The van der Waals surface area contributed by atoms with Crippen molar-refractivity contribution in [3.8, 4) is 22.2 Å². The lowest BCUT2D eigenvalue weighted by atomic mass is 9.96. The molecule has 142 valence electrons. The number of aromatic amines is 1. The molecular weight excluding hydrogens is 378 g/mol. The third-order valence-corrected chi connectivity index (χ3v) is 5.79. The van der Waals surface area contributed by atoms with Crippen LogP contribution in [0.15, 0.2) is 50.8 Å². The lowest BCUT2D eigenvalue weighted by Crippen LogP contribution is -2.38. The van der Waals surface area contributed by atoms with Crippen LogP contribution in [0, 0.1) is 0 Å². The highest BCUT2D eigenvalue weighted by atomic mass is 32.1. The van der Waals surface area contributed by atoms with E-state index >= 15 is 0 Å². The number of nitrogens with zero attached hydrogens (tertiary/aromatic N) is 4. The number of aromatic nitrogens is 4. The second-order valence-corrected chi connectivity index (χ2v) is 7.58. The zero-order chi connectivity index (χ0) is 18.9. The average Bonchev–Trinajstić information content (AvgIpc) is 3.52. The first-order valence-electron chi connectivity index (χ1n) is 9.04. The SMILES string of the molecule is O=C(c1cc(-c2cccs2)[nH]n1)N1CCC(c2nnc(-c3ccco3)o2)CC1. The molecule has 5 rings (SSSR count). The van der Waals surface area contributed by atoms with E-state index in [9.17, 15) is 4.79 Å². The van der Waals surface area contributed by atoms with E-state index in [1.165, 1.54) is 0 Å². The zero-order valence-electron chi connectivity index (χ0n) is 14.9. The van der Waals surface area contributed by atoms with Crippen LogP contribution in [0.3, 0.4) is 0 Å². The van der Waals surface area contributed by atoms with E-state index in [0.29, 0.717) is 36.3 Å². The molecule has 0 aliphatic carbocycles. The van der Waals surface area contributed by atoms with Crippen molar-refractivity contribution in [1.29, 1.82) is 0 Å². The van der Waals surface area contributed by atoms with E-state index in [-0.39, 0.29) is 11.8 Å². The van der Waals surface area contributed by atoms with E-state index in [1.807, 2.05) is 28.5 Å². The molecule has 4 aromatic rings. The molecule has 0 radical (unpaired) electrons. The lowest BCUT2D eigenvalue weighted by Gasteiger charge is -2.29. The molecule has 0 atom stereocenters. The summed E-state index contributed by atoms with van der Waals surface area (Å²) < 4.78 is 11.0. The van der Waals surface area contributed by atoms with Crippen LogP contribution < -0.4 is 0 Å². The molecule has 8 nitrogen and oxygen atoms in total. The number of piperidine rings is 1. The predicted molar refractivity (Wildman–Crippen MR) is 102 cm³/mol. The number of furan rings is 1. The van der Waals surface area contributed by atoms with Gasteiger partial charge >= 0.3 is 0 Å². The number of hydrogen-bond acceptors (Lipinski definition) is 7. The van der Waals surface area contributed by atoms with Gasteiger partial charge in [-0.05, 0) is 42.5 Å². The predicted octanol–water partition coefficient (Wildman–Crippen LogP) is 3.80. The number of nitrogens with one attached hydrogen (secondary N) is 1. The van der Waals surface area contributed by atoms with Crippen molar-refractivity contribution in [3.05, 3.63) is 53.6 Å². The highest BCUT2D eigenvalue weighted by Crippen LogP contribution is 2.30. The summed E-state index contributed by atoms with van der Waals surface area (Å²) in [6.07, 6.45) is 3.11. The standard InChI is InChI=1S/C19H17N5O3S/c25-19(14-11-13(20-21-14)16-4-2-10-28-16)24-7-5-12(6-8-24)17-22-23-18(27-17)15-3-1-9-26-15/h1-4,9-12H,5-8H2,(H,20,21). The summed E-state index contributed by atoms with van der Waals surface area (Å²) in [6, 6.07) is 9.35. The van der Waals surface area contributed by atoms with Gasteiger partial charge in [-0.1, -0.05) is 6.07 Å². The molecule has 1 saturated heterocycles. The van der Waals surface area contributed by atoms with E-state index < -0.39 is 0 Å². The highest BCUT2D eigenvalue weighted by Gasteiger charge is 2.29. The second-order valence-electron chi connectivity index (χ2n) is 6.63. The Morgan fingerprint density at radius 3 is 2.86 bits per heavy atom. The topological polar surface area (TPSA) is 101 Å². The fourth-order valence-corrected chi connectivity index (χ4v) is 4.07. The first-order chi connectivity index (χ1) is 13.8. The van der Waals surface area contributed by atoms with Crippen LogP contribution in [0.2, 0.25) is 0 Å². The van der Waals surface area contributed by atoms with Crippen LogP contribution in [0.25, 0.3) is 22.2 Å². The maximum atomic E-state index is 12.8. The molecule has 1 amide bonds. The van der Waals surface area contributed by atoms with Crippen LogP contribution in [0.5, 0.6) is 0 Å². The Kier molecular flexibility index (Phi) is 4.28. The maximum absolute atomic E-state index is 12.8. The van der Waals surface area contributed by atoms with Gasteiger partial charge in [0.1, 0.15) is 0 Å². The molecule has 0 saturated carbocycles. The van der Waals surface area contributed by atoms with Gasteiger partial charge < -0.3 is 13.7 Å². The van der Waals surface area contributed by atoms with Crippen LogP contribution in [0.4, 0.5) is 0 Å². The van der Waals surface area contributed by atoms with E-state index in [2.05, 4.69) is 20.4 Å². The summed E-state index contributed by atoms with van der Waals surface area (Å²) in [5, 5.41) is 17.4. The quantitative estimate of drug-likeness (QED) is 0.564. The fraction of sp³-hybridized carbons (Fsp3) is 0.263. The molecule has 0 bridgehead atoms. The molecule has 1 aliphatic heterocycles. The van der Waals surface area contributed by atoms with Gasteiger partial charge in [-0.15, -0.1) is 21.5 Å². The van der Waals surface area contributed by atoms with E-state index in [4.69, 9.17) is 8.83 Å². The number of thiophene rings is 1. The van der Waals surface area contributed by atoms with E-state index in [0.717, 1.165) is 23.4 Å². The third-order valence-electron chi connectivity index (χ3n) is 4.89. The van der Waals surface area contributed by atoms with Crippen LogP contribution in [-0.4, -0.2) is 44.3 Å². The molecule has 0 aromatic carbocycles. The smallest absolute Gasteiger partial charge is 0.283 e. The van der Waals surface area contributed by atoms with Crippen molar-refractivity contribution in [1.82, 2.24) is 25.3 Å². The Morgan fingerprint density at radius 1 is 1.21 bits per heavy atom. The van der Waals surface area contributed by atoms with Gasteiger partial charge in [0.25, 0.3) is 11.8 Å². The van der Waals surface area contributed by atoms with Gasteiger partial charge in [0, 0.05) is 19.0 Å². The molecule has 5 heterocycles. The number of rotatable bonds is 4. The molecule has 0 spiro atoms. The van der Waals surface area contributed by atoms with Crippen molar-refractivity contribution >= 4 is 17.2 Å². The molecule has 28 heavy (non-hydrogen) atoms. The number of H-pyrrole nitrogens is 1. The minimum absolute atomic E-state index is 0.0562. The van der Waals surface area contributed by atoms with Gasteiger partial charge in [0.2, 0.25) is 5.89 Å². The largest absolute Gasteiger partial charge is 0.459 e. The van der Waals surface area contributed by atoms with Crippen molar-refractivity contribution in [3.63, 3.8) is 0 Å². The van der Waals surface area contributed by atoms with Gasteiger partial charge in [-0.2, -0.15) is 5.10 Å². The number of likely N-dealkylation sites (tertiary alicyclic amines) is 1. The summed E-state index contributed by atoms with van der Waals surface area (Å²) in [5.41, 5.74) is 1.31. The third kappa shape index (κ3) is 3.13. The fourth-order valence-electron chi connectivity index (χ4n) is 3.38. The molecule has 1 aliphatic rings. The Hall–Kier alpha value is -3.20. The average molecular weight is 395 g/mol. The molecule has 0 unspecified atom stereocenters. The molecule has 1 N–H and O–H groups in total. The molecule has 1 fully saturated rings. The Morgan fingerprint density at radius 2 is 2.11 bits per heavy atom. The highest BCUT2D eigenvalue weighted by molar-refractivity contribution is 7.13. The number of amides is 1. The Labute approximate surface area is 164 Å². The summed E-state index contributed by atoms with van der Waals surface area (Å²) in [6.45, 7) is 1.26. The van der Waals surface area contributed by atoms with Gasteiger partial charge in [0.15, 0.2) is 11.5 Å². The molecular formula is C19H17N5O3S. The number of hydrogen-bond donors (Lipinski definition) is 1. The second kappa shape index (κ2) is 7.08. The Bertz CT molecular complexity index is 1060. The lowest BCUT2D eigenvalue weighted by molar-refractivity contribution is 0.0700. The summed E-state index contributed by atoms with van der Waals surface area (Å²) in [5.74, 6) is 1.63. The zero-order valence-corrected chi connectivity index (χ0v) is 15.7. The van der Waals surface area contributed by atoms with Crippen LogP contribution >= 0.6 is 11.3 Å². The minimum Gasteiger partial charge on any atom is -0.459 e. The number of carbonyl (C=O) groups excluding carboxylic acids is 1. The van der Waals surface area contributed by atoms with Gasteiger partial charge in [-0.3, -0.25) is 9.89 Å². The number of carbonyl (C=O) groups is 1. The van der Waals surface area contributed by atoms with Crippen LogP contribution in [-0.2, 0) is 0 Å². The summed E-state index contributed by atoms with van der Waals surface area (Å²) in [4.78, 5) is 15.7. The van der Waals surface area contributed by atoms with Crippen molar-refractivity contribution < 1.29 is 13.6 Å². The first kappa shape index (κ1) is 16.9. The molecule has 4 aromatic heterocycles. The summed E-state index contributed by atoms with van der Waals surface area (Å²) in [7, 11) is 0. The van der Waals surface area contributed by atoms with Crippen molar-refractivity contribution in [2.45, 2.75) is 18.8 Å². The van der Waals surface area contributed by atoms with Gasteiger partial charge in [-0.25, -0.2) is 0 Å². The first-order valence-corrected chi connectivity index (χ1v) is 9.92. The van der Waals surface area contributed by atoms with E-state index in [1.54, 1.807) is 29.7 Å². The normalized spacial score (nSPS) is 15.2. The van der Waals surface area contributed by atoms with Crippen molar-refractivity contribution in [2.75, 3.05) is 13.1 Å². The van der Waals surface area contributed by atoms with Gasteiger partial charge in [0.05, 0.1) is 16.8 Å². The minimum atomic E-state index is -0.0562. The monoisotopic (exact) mass is 395 g/mol. The van der Waals surface area contributed by atoms with Crippen molar-refractivity contribution in [2.24, 2.45) is 0 Å². The Balaban J connectivity index is 1.23. The van der Waals surface area contributed by atoms with Crippen LogP contribution in [0.1, 0.15) is 35.1 Å². The summed E-state index contributed by atoms with van der Waals surface area (Å²) >= 11 is 1.61.